The van der Waals surface area contributed by atoms with Gasteiger partial charge in [0, 0.05) is 24.1 Å². The number of aliphatic hydroxyl groups excluding tert-OH is 2. The van der Waals surface area contributed by atoms with E-state index >= 15 is 0 Å². The molecule has 0 aromatic heterocycles. The molecule has 4 heteroatoms. The van der Waals surface area contributed by atoms with Crippen LogP contribution in [0.2, 0.25) is 0 Å². The van der Waals surface area contributed by atoms with Gasteiger partial charge < -0.3 is 20.6 Å². The van der Waals surface area contributed by atoms with E-state index in [1.165, 1.54) is 17.2 Å². The highest BCUT2D eigenvalue weighted by atomic mass is 16.3. The van der Waals surface area contributed by atoms with Crippen molar-refractivity contribution in [3.05, 3.63) is 101 Å². The maximum atomic E-state index is 10.5. The van der Waals surface area contributed by atoms with Gasteiger partial charge in [0.1, 0.15) is 5.75 Å². The van der Waals surface area contributed by atoms with Crippen molar-refractivity contribution in [2.75, 3.05) is 6.54 Å². The predicted octanol–water partition coefficient (Wildman–Crippen LogP) is 4.12. The first-order chi connectivity index (χ1) is 14.1. The summed E-state index contributed by atoms with van der Waals surface area (Å²) in [5.74, 6) is 0.310. The summed E-state index contributed by atoms with van der Waals surface area (Å²) in [6.07, 6.45) is 0.188. The van der Waals surface area contributed by atoms with Gasteiger partial charge in [-0.25, -0.2) is 0 Å². The molecule has 0 amide bonds. The highest BCUT2D eigenvalue weighted by Gasteiger charge is 2.18. The molecular formula is C25H29NO3. The normalized spacial score (nSPS) is 13.4. The average Bonchev–Trinajstić information content (AvgIpc) is 2.77. The molecule has 0 heterocycles. The number of hydrogen-bond acceptors (Lipinski definition) is 4. The Kier molecular flexibility index (Phi) is 7.42. The first-order valence-electron chi connectivity index (χ1n) is 10.0. The number of phenols is 1. The third-order valence-corrected chi connectivity index (χ3v) is 5.31. The summed E-state index contributed by atoms with van der Waals surface area (Å²) >= 11 is 0. The number of benzene rings is 3. The first-order valence-corrected chi connectivity index (χ1v) is 10.0. The van der Waals surface area contributed by atoms with Crippen LogP contribution >= 0.6 is 0 Å². The topological polar surface area (TPSA) is 72.7 Å². The number of hydrogen-bond donors (Lipinski definition) is 4. The van der Waals surface area contributed by atoms with Gasteiger partial charge in [0.25, 0.3) is 0 Å². The molecule has 2 unspecified atom stereocenters. The van der Waals surface area contributed by atoms with Gasteiger partial charge in [-0.2, -0.15) is 0 Å². The van der Waals surface area contributed by atoms with Crippen LogP contribution in [-0.4, -0.2) is 27.9 Å². The summed E-state index contributed by atoms with van der Waals surface area (Å²) in [6, 6.07) is 26.0. The predicted molar refractivity (Wildman–Crippen MR) is 116 cm³/mol. The maximum absolute atomic E-state index is 10.5. The van der Waals surface area contributed by atoms with Crippen LogP contribution in [0.4, 0.5) is 0 Å². The fourth-order valence-electron chi connectivity index (χ4n) is 3.64. The second-order valence-corrected chi connectivity index (χ2v) is 7.48. The van der Waals surface area contributed by atoms with E-state index in [-0.39, 0.29) is 24.3 Å². The zero-order valence-electron chi connectivity index (χ0n) is 16.7. The second kappa shape index (κ2) is 10.2. The number of aromatic hydroxyl groups is 1. The average molecular weight is 392 g/mol. The Balaban J connectivity index is 1.65. The van der Waals surface area contributed by atoms with E-state index in [1.54, 1.807) is 12.1 Å². The molecule has 4 N–H and O–H groups in total. The molecule has 2 atom stereocenters. The molecule has 3 rings (SSSR count). The molecular weight excluding hydrogens is 362 g/mol. The molecule has 0 radical (unpaired) electrons. The van der Waals surface area contributed by atoms with E-state index in [0.717, 1.165) is 6.42 Å². The zero-order valence-corrected chi connectivity index (χ0v) is 16.7. The Hall–Kier alpha value is -2.66. The minimum atomic E-state index is -0.713. The molecule has 4 nitrogen and oxygen atoms in total. The Morgan fingerprint density at radius 2 is 1.41 bits per heavy atom. The molecule has 3 aromatic rings. The van der Waals surface area contributed by atoms with Gasteiger partial charge in [-0.05, 0) is 42.2 Å². The Labute approximate surface area is 172 Å². The number of rotatable bonds is 9. The van der Waals surface area contributed by atoms with E-state index in [1.807, 2.05) is 12.1 Å². The van der Waals surface area contributed by atoms with Gasteiger partial charge >= 0.3 is 0 Å². The lowest BCUT2D eigenvalue weighted by molar-refractivity contribution is 0.169. The third-order valence-electron chi connectivity index (χ3n) is 5.31. The highest BCUT2D eigenvalue weighted by molar-refractivity contribution is 5.36. The molecule has 3 aromatic carbocycles. The molecule has 0 aliphatic rings. The molecule has 0 spiro atoms. The minimum absolute atomic E-state index is 0.0401. The molecule has 0 aliphatic heterocycles. The fourth-order valence-corrected chi connectivity index (χ4v) is 3.64. The quantitative estimate of drug-likeness (QED) is 0.443. The molecule has 29 heavy (non-hydrogen) atoms. The van der Waals surface area contributed by atoms with Crippen molar-refractivity contribution in [1.29, 1.82) is 0 Å². The fraction of sp³-hybridized carbons (Fsp3) is 0.280. The lowest BCUT2D eigenvalue weighted by Crippen LogP contribution is -2.32. The third kappa shape index (κ3) is 5.67. The monoisotopic (exact) mass is 391 g/mol. The van der Waals surface area contributed by atoms with Gasteiger partial charge in [-0.3, -0.25) is 0 Å². The maximum Gasteiger partial charge on any atom is 0.121 e. The number of nitrogens with one attached hydrogen (secondary N) is 1. The summed E-state index contributed by atoms with van der Waals surface area (Å²) in [5.41, 5.74) is 3.65. The van der Waals surface area contributed by atoms with E-state index in [9.17, 15) is 15.3 Å². The molecule has 0 saturated carbocycles. The largest absolute Gasteiger partial charge is 0.508 e. The molecule has 0 fully saturated rings. The van der Waals surface area contributed by atoms with Gasteiger partial charge in [-0.15, -0.1) is 0 Å². The summed E-state index contributed by atoms with van der Waals surface area (Å²) in [5, 5.41) is 32.9. The summed E-state index contributed by atoms with van der Waals surface area (Å²) < 4.78 is 0. The number of aliphatic hydroxyl groups is 2. The van der Waals surface area contributed by atoms with E-state index in [2.05, 4.69) is 60.8 Å². The van der Waals surface area contributed by atoms with Crippen LogP contribution in [-0.2, 0) is 6.61 Å². The SMILES string of the molecule is CC(CC(c1ccccc1)c1ccccc1)NCC(O)c1ccc(O)c(CO)c1. The summed E-state index contributed by atoms with van der Waals surface area (Å²) in [4.78, 5) is 0. The lowest BCUT2D eigenvalue weighted by Gasteiger charge is -2.24. The van der Waals surface area contributed by atoms with Crippen LogP contribution in [0.25, 0.3) is 0 Å². The lowest BCUT2D eigenvalue weighted by atomic mass is 9.86. The van der Waals surface area contributed by atoms with Crippen LogP contribution in [0.1, 0.15) is 47.6 Å². The Morgan fingerprint density at radius 1 is 0.828 bits per heavy atom. The van der Waals surface area contributed by atoms with Gasteiger partial charge in [-0.1, -0.05) is 66.7 Å². The first kappa shape index (κ1) is 21.1. The van der Waals surface area contributed by atoms with Crippen LogP contribution in [0.15, 0.2) is 78.9 Å². The van der Waals surface area contributed by atoms with Crippen molar-refractivity contribution < 1.29 is 15.3 Å². The molecule has 152 valence electrons. The van der Waals surface area contributed by atoms with E-state index < -0.39 is 6.10 Å². The van der Waals surface area contributed by atoms with Crippen molar-refractivity contribution in [3.63, 3.8) is 0 Å². The van der Waals surface area contributed by atoms with Gasteiger partial charge in [0.2, 0.25) is 0 Å². The highest BCUT2D eigenvalue weighted by Crippen LogP contribution is 2.29. The van der Waals surface area contributed by atoms with Crippen molar-refractivity contribution in [1.82, 2.24) is 5.32 Å². The van der Waals surface area contributed by atoms with Crippen molar-refractivity contribution >= 4 is 0 Å². The second-order valence-electron chi connectivity index (χ2n) is 7.48. The van der Waals surface area contributed by atoms with Crippen LogP contribution in [0.3, 0.4) is 0 Å². The van der Waals surface area contributed by atoms with Crippen LogP contribution in [0.5, 0.6) is 5.75 Å². The van der Waals surface area contributed by atoms with Crippen LogP contribution < -0.4 is 5.32 Å². The van der Waals surface area contributed by atoms with Gasteiger partial charge in [0.15, 0.2) is 0 Å². The molecule has 0 bridgehead atoms. The van der Waals surface area contributed by atoms with Gasteiger partial charge in [0.05, 0.1) is 12.7 Å². The standard InChI is InChI=1S/C25H29NO3/c1-18(26-16-25(29)21-12-13-24(28)22(15-21)17-27)14-23(19-8-4-2-5-9-19)20-10-6-3-7-11-20/h2-13,15,18,23,25-29H,14,16-17H2,1H3. The Morgan fingerprint density at radius 3 is 1.97 bits per heavy atom. The van der Waals surface area contributed by atoms with Crippen LogP contribution in [0, 0.1) is 0 Å². The smallest absolute Gasteiger partial charge is 0.121 e. The van der Waals surface area contributed by atoms with Crippen molar-refractivity contribution in [2.24, 2.45) is 0 Å². The van der Waals surface area contributed by atoms with E-state index in [4.69, 9.17) is 0 Å². The zero-order chi connectivity index (χ0) is 20.6. The van der Waals surface area contributed by atoms with Crippen molar-refractivity contribution in [2.45, 2.75) is 38.0 Å². The minimum Gasteiger partial charge on any atom is -0.508 e. The Bertz CT molecular complexity index is 844. The molecule has 0 aliphatic carbocycles. The van der Waals surface area contributed by atoms with E-state index in [0.29, 0.717) is 17.7 Å². The summed E-state index contributed by atoms with van der Waals surface area (Å²) in [7, 11) is 0. The van der Waals surface area contributed by atoms with Crippen molar-refractivity contribution in [3.8, 4) is 5.75 Å². The summed E-state index contributed by atoms with van der Waals surface area (Å²) in [6.45, 7) is 2.26. The molecule has 0 saturated heterocycles.